The average Bonchev–Trinajstić information content (AvgIpc) is 3.74. The van der Waals surface area contributed by atoms with Gasteiger partial charge in [-0.1, -0.05) is 31.2 Å². The molecule has 3 aliphatic rings. The fourth-order valence-electron chi connectivity index (χ4n) is 7.66. The van der Waals surface area contributed by atoms with Crippen LogP contribution < -0.4 is 16.0 Å². The number of amides is 6. The molecule has 5 aromatic rings. The number of imide groups is 1. The van der Waals surface area contributed by atoms with Crippen LogP contribution in [0.2, 0.25) is 0 Å². The van der Waals surface area contributed by atoms with E-state index in [2.05, 4.69) is 32.4 Å². The third-order valence-corrected chi connectivity index (χ3v) is 10.7. The van der Waals surface area contributed by atoms with Crippen LogP contribution in [0.3, 0.4) is 0 Å². The Bertz CT molecular complexity index is 2460. The first-order valence-electron chi connectivity index (χ1n) is 18.6. The lowest BCUT2D eigenvalue weighted by molar-refractivity contribution is -0.134. The first kappa shape index (κ1) is 36.2. The van der Waals surface area contributed by atoms with E-state index in [0.717, 1.165) is 45.5 Å². The first-order chi connectivity index (χ1) is 27.1. The van der Waals surface area contributed by atoms with Gasteiger partial charge in [0, 0.05) is 92.5 Å². The van der Waals surface area contributed by atoms with Crippen LogP contribution >= 0.6 is 0 Å². The number of pyridine rings is 2. The number of aryl methyl sites for hydroxylation is 1. The maximum Gasteiger partial charge on any atom is 0.269 e. The summed E-state index contributed by atoms with van der Waals surface area (Å²) in [5, 5.41) is 9.63. The third-order valence-electron chi connectivity index (χ3n) is 10.7. The second kappa shape index (κ2) is 14.8. The van der Waals surface area contributed by atoms with E-state index in [1.807, 2.05) is 35.4 Å². The molecule has 56 heavy (non-hydrogen) atoms. The number of hydrogen-bond acceptors (Lipinski definition) is 9. The maximum absolute atomic E-state index is 13.2. The summed E-state index contributed by atoms with van der Waals surface area (Å²) in [4.78, 5) is 92.8. The molecule has 6 heterocycles. The van der Waals surface area contributed by atoms with Gasteiger partial charge in [-0.25, -0.2) is 4.98 Å². The van der Waals surface area contributed by atoms with Gasteiger partial charge in [0.2, 0.25) is 17.7 Å². The number of aromatic nitrogens is 4. The monoisotopic (exact) mass is 753 g/mol. The summed E-state index contributed by atoms with van der Waals surface area (Å²) in [5.74, 6) is -1.07. The molecule has 0 aliphatic carbocycles. The van der Waals surface area contributed by atoms with Gasteiger partial charge >= 0.3 is 0 Å². The van der Waals surface area contributed by atoms with E-state index in [1.54, 1.807) is 48.4 Å². The van der Waals surface area contributed by atoms with Crippen LogP contribution in [0.1, 0.15) is 75.0 Å². The Morgan fingerprint density at radius 2 is 1.75 bits per heavy atom. The molecular weight excluding hydrogens is 715 g/mol. The van der Waals surface area contributed by atoms with E-state index in [1.165, 1.54) is 0 Å². The van der Waals surface area contributed by atoms with Gasteiger partial charge in [-0.2, -0.15) is 0 Å². The Morgan fingerprint density at radius 1 is 0.929 bits per heavy atom. The van der Waals surface area contributed by atoms with Crippen LogP contribution in [-0.2, 0) is 40.4 Å². The normalized spacial score (nSPS) is 16.4. The standard InChI is InChI=1S/C41H39N9O6/c1-3-35-46-37(34-22-48(23(2)51)16-17-50(34)35)26-7-4-6-24-18-33(44-20-29(24)26)25-10-11-31(43-19-25)39(54)42-14-15-49-21-30-27(8-5-9-28(30)41(49)56)38(53)45-32-12-13-36(52)47-40(32)55/h4-11,18-20,32H,3,12-17,21-22H2,1-2H3,(H,42,54)(H,45,53)(H,47,52,55). The van der Waals surface area contributed by atoms with E-state index in [4.69, 9.17) is 9.97 Å². The third kappa shape index (κ3) is 6.76. The molecule has 3 aromatic heterocycles. The van der Waals surface area contributed by atoms with E-state index < -0.39 is 23.8 Å². The number of rotatable bonds is 9. The minimum absolute atomic E-state index is 0.0435. The van der Waals surface area contributed by atoms with E-state index in [-0.39, 0.29) is 61.5 Å². The van der Waals surface area contributed by atoms with E-state index in [9.17, 15) is 28.8 Å². The van der Waals surface area contributed by atoms with Crippen molar-refractivity contribution >= 4 is 46.2 Å². The quantitative estimate of drug-likeness (QED) is 0.190. The van der Waals surface area contributed by atoms with Crippen LogP contribution in [0, 0.1) is 0 Å². The van der Waals surface area contributed by atoms with Crippen molar-refractivity contribution in [3.63, 3.8) is 0 Å². The Morgan fingerprint density at radius 3 is 2.52 bits per heavy atom. The topological polar surface area (TPSA) is 189 Å². The molecule has 0 bridgehead atoms. The molecule has 15 nitrogen and oxygen atoms in total. The molecule has 3 aliphatic heterocycles. The zero-order valence-corrected chi connectivity index (χ0v) is 30.9. The number of fused-ring (bicyclic) bond motifs is 3. The highest BCUT2D eigenvalue weighted by Gasteiger charge is 2.33. The van der Waals surface area contributed by atoms with Gasteiger partial charge in [0.05, 0.1) is 23.6 Å². The van der Waals surface area contributed by atoms with Gasteiger partial charge in [0.15, 0.2) is 0 Å². The SMILES string of the molecule is CCc1nc(-c2cccc3cc(-c4ccc(C(=O)NCCN5Cc6c(C(=O)NC7CCC(=O)NC7=O)cccc6C5=O)nc4)ncc23)c2n1CCN(C(C)=O)C2. The summed E-state index contributed by atoms with van der Waals surface area (Å²) >= 11 is 0. The molecule has 284 valence electrons. The molecule has 1 fully saturated rings. The Labute approximate surface area is 321 Å². The predicted octanol–water partition coefficient (Wildman–Crippen LogP) is 3.01. The number of benzene rings is 2. The van der Waals surface area contributed by atoms with Gasteiger partial charge < -0.3 is 25.0 Å². The minimum atomic E-state index is -0.838. The summed E-state index contributed by atoms with van der Waals surface area (Å²) in [5.41, 5.74) is 5.67. The molecule has 1 unspecified atom stereocenters. The molecule has 8 rings (SSSR count). The van der Waals surface area contributed by atoms with Gasteiger partial charge in [-0.15, -0.1) is 0 Å². The fraction of sp³-hybridized carbons (Fsp3) is 0.293. The lowest BCUT2D eigenvalue weighted by Gasteiger charge is -2.28. The Balaban J connectivity index is 0.906. The van der Waals surface area contributed by atoms with Crippen molar-refractivity contribution < 1.29 is 28.8 Å². The van der Waals surface area contributed by atoms with Crippen LogP contribution in [0.4, 0.5) is 0 Å². The number of nitrogens with one attached hydrogen (secondary N) is 3. The summed E-state index contributed by atoms with van der Waals surface area (Å²) in [7, 11) is 0. The number of imidazole rings is 1. The van der Waals surface area contributed by atoms with Crippen molar-refractivity contribution in [2.75, 3.05) is 19.6 Å². The fourth-order valence-corrected chi connectivity index (χ4v) is 7.66. The summed E-state index contributed by atoms with van der Waals surface area (Å²) in [6, 6.07) is 15.5. The molecule has 1 atom stereocenters. The molecule has 1 saturated heterocycles. The van der Waals surface area contributed by atoms with Gasteiger partial charge in [0.1, 0.15) is 17.6 Å². The van der Waals surface area contributed by atoms with E-state index >= 15 is 0 Å². The largest absolute Gasteiger partial charge is 0.349 e. The van der Waals surface area contributed by atoms with E-state index in [0.29, 0.717) is 36.5 Å². The highest BCUT2D eigenvalue weighted by molar-refractivity contribution is 6.07. The van der Waals surface area contributed by atoms with Crippen molar-refractivity contribution in [2.45, 2.75) is 58.8 Å². The smallest absolute Gasteiger partial charge is 0.269 e. The predicted molar refractivity (Wildman–Crippen MR) is 204 cm³/mol. The summed E-state index contributed by atoms with van der Waals surface area (Å²) in [6.07, 6.45) is 4.55. The lowest BCUT2D eigenvalue weighted by atomic mass is 10.0. The summed E-state index contributed by atoms with van der Waals surface area (Å²) in [6.45, 7) is 6.08. The Hall–Kier alpha value is -6.77. The molecule has 15 heteroatoms. The molecular formula is C41H39N9O6. The number of piperidine rings is 1. The highest BCUT2D eigenvalue weighted by Crippen LogP contribution is 2.34. The molecule has 0 saturated carbocycles. The molecule has 3 N–H and O–H groups in total. The number of carbonyl (C=O) groups excluding carboxylic acids is 6. The van der Waals surface area contributed by atoms with Crippen LogP contribution in [0.15, 0.2) is 67.0 Å². The van der Waals surface area contributed by atoms with Crippen LogP contribution in [0.25, 0.3) is 33.3 Å². The lowest BCUT2D eigenvalue weighted by Crippen LogP contribution is -2.52. The molecule has 6 amide bonds. The number of carbonyl (C=O) groups is 6. The van der Waals surface area contributed by atoms with Gasteiger partial charge in [-0.3, -0.25) is 44.1 Å². The van der Waals surface area contributed by atoms with Gasteiger partial charge in [-0.05, 0) is 47.7 Å². The average molecular weight is 754 g/mol. The maximum atomic E-state index is 13.2. The second-order valence-corrected chi connectivity index (χ2v) is 14.1. The second-order valence-electron chi connectivity index (χ2n) is 14.1. The molecule has 2 aromatic carbocycles. The minimum Gasteiger partial charge on any atom is -0.349 e. The van der Waals surface area contributed by atoms with Crippen LogP contribution in [-0.4, -0.2) is 90.4 Å². The van der Waals surface area contributed by atoms with Crippen molar-refractivity contribution in [1.82, 2.24) is 45.3 Å². The summed E-state index contributed by atoms with van der Waals surface area (Å²) < 4.78 is 2.23. The number of nitrogens with zero attached hydrogens (tertiary/aromatic N) is 6. The van der Waals surface area contributed by atoms with Crippen molar-refractivity contribution in [3.05, 3.63) is 101 Å². The first-order valence-corrected chi connectivity index (χ1v) is 18.6. The van der Waals surface area contributed by atoms with Crippen molar-refractivity contribution in [3.8, 4) is 22.5 Å². The zero-order chi connectivity index (χ0) is 39.1. The highest BCUT2D eigenvalue weighted by atomic mass is 16.2. The van der Waals surface area contributed by atoms with Crippen LogP contribution in [0.5, 0.6) is 0 Å². The Kier molecular flexibility index (Phi) is 9.58. The van der Waals surface area contributed by atoms with Crippen molar-refractivity contribution in [2.24, 2.45) is 0 Å². The number of hydrogen-bond donors (Lipinski definition) is 3. The molecule has 0 radical (unpaired) electrons. The van der Waals surface area contributed by atoms with Crippen molar-refractivity contribution in [1.29, 1.82) is 0 Å². The molecule has 0 spiro atoms. The van der Waals surface area contributed by atoms with Gasteiger partial charge in [0.25, 0.3) is 17.7 Å². The zero-order valence-electron chi connectivity index (χ0n) is 30.9.